The van der Waals surface area contributed by atoms with Crippen LogP contribution in [0.15, 0.2) is 18.2 Å². The molecule has 1 unspecified atom stereocenters. The molecule has 1 heterocycles. The second-order valence-corrected chi connectivity index (χ2v) is 7.99. The van der Waals surface area contributed by atoms with Crippen molar-refractivity contribution in [2.45, 2.75) is 32.1 Å². The molecule has 0 spiro atoms. The van der Waals surface area contributed by atoms with Crippen LogP contribution in [0.4, 0.5) is 25.1 Å². The van der Waals surface area contributed by atoms with Gasteiger partial charge in [0.05, 0.1) is 5.75 Å². The summed E-state index contributed by atoms with van der Waals surface area (Å²) < 4.78 is 63.2. The minimum atomic E-state index is -9.38. The van der Waals surface area contributed by atoms with Crippen LogP contribution >= 0.6 is 10.2 Å². The van der Waals surface area contributed by atoms with Gasteiger partial charge in [-0.25, -0.2) is 0 Å². The van der Waals surface area contributed by atoms with Gasteiger partial charge < -0.3 is 5.32 Å². The van der Waals surface area contributed by atoms with Gasteiger partial charge in [-0.1, -0.05) is 44.9 Å². The van der Waals surface area contributed by atoms with Crippen molar-refractivity contribution < 1.29 is 19.4 Å². The summed E-state index contributed by atoms with van der Waals surface area (Å²) in [5, 5.41) is 2.78. The molecule has 0 amide bonds. The van der Waals surface area contributed by atoms with E-state index in [0.717, 1.165) is 24.8 Å². The number of rotatable bonds is 5. The lowest BCUT2D eigenvalue weighted by Gasteiger charge is -2.42. The van der Waals surface area contributed by atoms with E-state index in [1.807, 2.05) is 13.0 Å². The van der Waals surface area contributed by atoms with Crippen LogP contribution in [0.1, 0.15) is 36.8 Å². The molecule has 1 aromatic rings. The second-order valence-electron chi connectivity index (χ2n) is 5.40. The molecule has 0 saturated heterocycles. The average Bonchev–Trinajstić information content (AvgIpc) is 2.65. The molecule has 0 radical (unpaired) electrons. The van der Waals surface area contributed by atoms with Crippen molar-refractivity contribution in [2.75, 3.05) is 17.6 Å². The molecule has 1 aliphatic heterocycles. The fourth-order valence-electron chi connectivity index (χ4n) is 2.52. The molecular formula is C13H18F5NS. The van der Waals surface area contributed by atoms with Gasteiger partial charge in [0.25, 0.3) is 10.2 Å². The maximum absolute atomic E-state index is 12.6. The summed E-state index contributed by atoms with van der Waals surface area (Å²) in [7, 11) is -9.38. The fourth-order valence-corrected chi connectivity index (χ4v) is 3.58. The topological polar surface area (TPSA) is 12.0 Å². The molecule has 0 fully saturated rings. The summed E-state index contributed by atoms with van der Waals surface area (Å²) >= 11 is 0. The molecule has 1 aliphatic rings. The zero-order valence-corrected chi connectivity index (χ0v) is 12.0. The highest BCUT2D eigenvalue weighted by atomic mass is 32.5. The average molecular weight is 315 g/mol. The van der Waals surface area contributed by atoms with E-state index in [0.29, 0.717) is 11.3 Å². The smallest absolute Gasteiger partial charge is 0.286 e. The third-order valence-corrected chi connectivity index (χ3v) is 4.46. The lowest BCUT2D eigenvalue weighted by Crippen LogP contribution is -2.19. The Morgan fingerprint density at radius 1 is 1.20 bits per heavy atom. The lowest BCUT2D eigenvalue weighted by molar-refractivity contribution is 0.359. The van der Waals surface area contributed by atoms with Gasteiger partial charge in [0, 0.05) is 18.2 Å². The largest absolute Gasteiger partial charge is 0.384 e. The highest BCUT2D eigenvalue weighted by molar-refractivity contribution is 8.45. The van der Waals surface area contributed by atoms with Crippen LogP contribution in [0.2, 0.25) is 0 Å². The number of hydrogen-bond donors (Lipinski definition) is 1. The number of unbranched alkanes of at least 4 members (excludes halogenated alkanes) is 1. The zero-order chi connectivity index (χ0) is 15.1. The van der Waals surface area contributed by atoms with E-state index in [1.54, 1.807) is 12.1 Å². The summed E-state index contributed by atoms with van der Waals surface area (Å²) in [4.78, 5) is 0. The van der Waals surface area contributed by atoms with Crippen molar-refractivity contribution in [3.8, 4) is 0 Å². The minimum Gasteiger partial charge on any atom is -0.384 e. The molecule has 7 heteroatoms. The van der Waals surface area contributed by atoms with Crippen LogP contribution in [0, 0.1) is 0 Å². The molecule has 0 aromatic heterocycles. The molecule has 1 N–H and O–H groups in total. The van der Waals surface area contributed by atoms with Crippen LogP contribution in [0.3, 0.4) is 0 Å². The Kier molecular flexibility index (Phi) is 3.28. The number of benzene rings is 1. The summed E-state index contributed by atoms with van der Waals surface area (Å²) in [6, 6.07) is 5.16. The van der Waals surface area contributed by atoms with E-state index in [-0.39, 0.29) is 6.54 Å². The van der Waals surface area contributed by atoms with Gasteiger partial charge in [0.1, 0.15) is 0 Å². The van der Waals surface area contributed by atoms with Crippen molar-refractivity contribution in [1.29, 1.82) is 0 Å². The number of nitrogens with one attached hydrogen (secondary N) is 1. The molecule has 1 nitrogen and oxygen atoms in total. The third-order valence-electron chi connectivity index (χ3n) is 3.43. The molecule has 116 valence electrons. The predicted octanol–water partition coefficient (Wildman–Crippen LogP) is 5.84. The molecule has 0 aliphatic carbocycles. The normalized spacial score (nSPS) is 21.8. The number of hydrogen-bond acceptors (Lipinski definition) is 1. The molecule has 2 rings (SSSR count). The van der Waals surface area contributed by atoms with Gasteiger partial charge in [-0.3, -0.25) is 0 Å². The van der Waals surface area contributed by atoms with Crippen molar-refractivity contribution in [1.82, 2.24) is 0 Å². The van der Waals surface area contributed by atoms with E-state index in [1.165, 1.54) is 0 Å². The first kappa shape index (κ1) is 15.4. The number of anilines is 1. The van der Waals surface area contributed by atoms with E-state index in [9.17, 15) is 19.4 Å². The summed E-state index contributed by atoms with van der Waals surface area (Å²) in [5.74, 6) is -3.21. The SMILES string of the molecule is CCCCc1ccc2c(c1)C(CS(F)(F)(F)(F)F)CN2. The van der Waals surface area contributed by atoms with E-state index >= 15 is 0 Å². The Bertz CT molecular complexity index is 511. The van der Waals surface area contributed by atoms with Gasteiger partial charge in [0.2, 0.25) is 0 Å². The van der Waals surface area contributed by atoms with Crippen LogP contribution in [-0.4, -0.2) is 12.3 Å². The predicted molar refractivity (Wildman–Crippen MR) is 74.3 cm³/mol. The highest BCUT2D eigenvalue weighted by Gasteiger charge is 2.64. The molecule has 1 aromatic carbocycles. The van der Waals surface area contributed by atoms with Gasteiger partial charge in [0.15, 0.2) is 0 Å². The number of halogens is 5. The highest BCUT2D eigenvalue weighted by Crippen LogP contribution is 2.98. The molecule has 20 heavy (non-hydrogen) atoms. The van der Waals surface area contributed by atoms with Crippen molar-refractivity contribution >= 4 is 15.9 Å². The number of aryl methyl sites for hydroxylation is 1. The van der Waals surface area contributed by atoms with Gasteiger partial charge in [-0.05, 0) is 30.0 Å². The van der Waals surface area contributed by atoms with E-state index < -0.39 is 21.9 Å². The van der Waals surface area contributed by atoms with Crippen molar-refractivity contribution in [3.63, 3.8) is 0 Å². The van der Waals surface area contributed by atoms with Crippen LogP contribution in [0.5, 0.6) is 0 Å². The first-order valence-corrected chi connectivity index (χ1v) is 8.69. The third kappa shape index (κ3) is 4.26. The second kappa shape index (κ2) is 4.26. The number of fused-ring (bicyclic) bond motifs is 1. The Morgan fingerprint density at radius 3 is 2.50 bits per heavy atom. The summed E-state index contributed by atoms with van der Waals surface area (Å²) in [6.07, 6.45) is 2.66. The zero-order valence-electron chi connectivity index (χ0n) is 11.1. The quantitative estimate of drug-likeness (QED) is 0.673. The fraction of sp³-hybridized carbons (Fsp3) is 0.538. The summed E-state index contributed by atoms with van der Waals surface area (Å²) in [5.41, 5.74) is 1.81. The minimum absolute atomic E-state index is 0.0852. The van der Waals surface area contributed by atoms with Crippen LogP contribution in [0.25, 0.3) is 0 Å². The standard InChI is InChI=1S/C13H18F5NS/c1-2-3-4-10-5-6-13-12(7-10)11(8-19-13)9-20(14,15,16,17)18/h5-7,11,19H,2-4,8-9H2,1H3. The maximum atomic E-state index is 12.6. The van der Waals surface area contributed by atoms with Crippen LogP contribution in [-0.2, 0) is 6.42 Å². The first-order valence-electron chi connectivity index (χ1n) is 6.57. The van der Waals surface area contributed by atoms with Crippen molar-refractivity contribution in [3.05, 3.63) is 29.3 Å². The molecule has 1 atom stereocenters. The van der Waals surface area contributed by atoms with Gasteiger partial charge >= 0.3 is 0 Å². The van der Waals surface area contributed by atoms with Gasteiger partial charge in [-0.2, -0.15) is 0 Å². The van der Waals surface area contributed by atoms with Gasteiger partial charge in [-0.15, -0.1) is 0 Å². The maximum Gasteiger partial charge on any atom is 0.286 e. The monoisotopic (exact) mass is 315 g/mol. The van der Waals surface area contributed by atoms with E-state index in [4.69, 9.17) is 0 Å². The lowest BCUT2D eigenvalue weighted by atomic mass is 9.98. The Morgan fingerprint density at radius 2 is 1.90 bits per heavy atom. The summed E-state index contributed by atoms with van der Waals surface area (Å²) in [6.45, 7) is 1.93. The molecular weight excluding hydrogens is 297 g/mol. The molecule has 0 saturated carbocycles. The Labute approximate surface area is 115 Å². The van der Waals surface area contributed by atoms with Crippen molar-refractivity contribution in [2.24, 2.45) is 0 Å². The molecule has 0 bridgehead atoms. The Balaban J connectivity index is 2.23. The van der Waals surface area contributed by atoms with Crippen LogP contribution < -0.4 is 5.32 Å². The Hall–Kier alpha value is -0.980. The first-order chi connectivity index (χ1) is 8.97. The van der Waals surface area contributed by atoms with E-state index in [2.05, 4.69) is 5.32 Å².